The highest BCUT2D eigenvalue weighted by Crippen LogP contribution is 2.37. The van der Waals surface area contributed by atoms with Crippen LogP contribution in [0, 0.1) is 24.0 Å². The molecule has 1 aromatic carbocycles. The summed E-state index contributed by atoms with van der Waals surface area (Å²) in [5.41, 5.74) is 1.28. The van der Waals surface area contributed by atoms with Crippen molar-refractivity contribution in [3.63, 3.8) is 0 Å². The molecule has 0 aliphatic carbocycles. The molecule has 21 heavy (non-hydrogen) atoms. The number of nitro groups is 1. The molecule has 1 fully saturated rings. The van der Waals surface area contributed by atoms with Gasteiger partial charge >= 0.3 is 0 Å². The fraction of sp³-hybridized carbons (Fsp3) is 0.417. The number of anilines is 1. The van der Waals surface area contributed by atoms with E-state index < -0.39 is 25.1 Å². The molecule has 0 bridgehead atoms. The first-order valence-corrected chi connectivity index (χ1v) is 8.48. The second-order valence-electron chi connectivity index (χ2n) is 4.94. The van der Waals surface area contributed by atoms with Crippen LogP contribution in [0.1, 0.15) is 17.5 Å². The number of carbonyl (C=O) groups is 1. The van der Waals surface area contributed by atoms with Gasteiger partial charge in [0.15, 0.2) is 0 Å². The van der Waals surface area contributed by atoms with E-state index in [1.807, 2.05) is 0 Å². The molecule has 1 atom stereocenters. The van der Waals surface area contributed by atoms with Gasteiger partial charge in [0.2, 0.25) is 15.0 Å². The first-order chi connectivity index (χ1) is 9.62. The van der Waals surface area contributed by atoms with Crippen LogP contribution in [0.3, 0.4) is 0 Å². The van der Waals surface area contributed by atoms with Gasteiger partial charge in [0, 0.05) is 29.7 Å². The molecular weight excluding hydrogens is 320 g/mol. The maximum absolute atomic E-state index is 12.1. The Balaban J connectivity index is 2.55. The lowest BCUT2D eigenvalue weighted by atomic mass is 10.1. The Morgan fingerprint density at radius 2 is 2.00 bits per heavy atom. The van der Waals surface area contributed by atoms with Crippen LogP contribution in [0.25, 0.3) is 0 Å². The van der Waals surface area contributed by atoms with E-state index in [1.54, 1.807) is 19.9 Å². The van der Waals surface area contributed by atoms with E-state index in [-0.39, 0.29) is 24.3 Å². The van der Waals surface area contributed by atoms with Crippen LogP contribution >= 0.6 is 10.7 Å². The average molecular weight is 333 g/mol. The van der Waals surface area contributed by atoms with Gasteiger partial charge in [-0.2, -0.15) is 0 Å². The molecule has 1 aliphatic rings. The van der Waals surface area contributed by atoms with Crippen molar-refractivity contribution >= 4 is 37.0 Å². The molecule has 1 heterocycles. The maximum Gasteiger partial charge on any atom is 0.293 e. The molecule has 0 saturated carbocycles. The minimum atomic E-state index is -3.89. The molecular formula is C12H13ClN2O5S. The number of halogens is 1. The van der Waals surface area contributed by atoms with Gasteiger partial charge in [0.25, 0.3) is 5.69 Å². The van der Waals surface area contributed by atoms with Crippen LogP contribution in [0.5, 0.6) is 0 Å². The molecule has 9 heteroatoms. The number of aryl methyl sites for hydroxylation is 1. The zero-order chi connectivity index (χ0) is 15.9. The molecule has 1 saturated heterocycles. The summed E-state index contributed by atoms with van der Waals surface area (Å²) in [6.45, 7) is 3.25. The number of hydrogen-bond acceptors (Lipinski definition) is 5. The van der Waals surface area contributed by atoms with Gasteiger partial charge in [-0.05, 0) is 25.0 Å². The Kier molecular flexibility index (Phi) is 3.94. The lowest BCUT2D eigenvalue weighted by Gasteiger charge is -2.19. The van der Waals surface area contributed by atoms with Crippen LogP contribution in [0.4, 0.5) is 11.4 Å². The van der Waals surface area contributed by atoms with Crippen molar-refractivity contribution < 1.29 is 18.1 Å². The second kappa shape index (κ2) is 5.27. The van der Waals surface area contributed by atoms with Crippen molar-refractivity contribution in [1.29, 1.82) is 0 Å². The summed E-state index contributed by atoms with van der Waals surface area (Å²) in [5, 5.41) is 10.1. The van der Waals surface area contributed by atoms with Gasteiger partial charge in [-0.1, -0.05) is 6.07 Å². The van der Waals surface area contributed by atoms with E-state index in [1.165, 1.54) is 6.07 Å². The lowest BCUT2D eigenvalue weighted by Crippen LogP contribution is -2.28. The Hall–Kier alpha value is -1.67. The van der Waals surface area contributed by atoms with E-state index in [0.29, 0.717) is 5.56 Å². The zero-order valence-corrected chi connectivity index (χ0v) is 12.9. The third-order valence-corrected chi connectivity index (χ3v) is 5.50. The number of hydrogen-bond donors (Lipinski definition) is 0. The fourth-order valence-corrected chi connectivity index (χ4v) is 3.38. The number of amides is 1. The summed E-state index contributed by atoms with van der Waals surface area (Å²) >= 11 is 0. The quantitative estimate of drug-likeness (QED) is 0.478. The van der Waals surface area contributed by atoms with E-state index in [9.17, 15) is 23.3 Å². The molecule has 114 valence electrons. The van der Waals surface area contributed by atoms with E-state index in [4.69, 9.17) is 10.7 Å². The van der Waals surface area contributed by atoms with Gasteiger partial charge < -0.3 is 4.90 Å². The third-order valence-electron chi connectivity index (χ3n) is 3.63. The van der Waals surface area contributed by atoms with Crippen LogP contribution in [0.15, 0.2) is 12.1 Å². The molecule has 1 aliphatic heterocycles. The molecule has 7 nitrogen and oxygen atoms in total. The monoisotopic (exact) mass is 332 g/mol. The standard InChI is InChI=1S/C12H13ClN2O5S/c1-7-3-4-10(15(17)18)12(8(7)2)14-6-9(5-11(14)16)21(13,19)20/h3-4,9H,5-6H2,1-2H3. The predicted octanol–water partition coefficient (Wildman–Crippen LogP) is 1.89. The van der Waals surface area contributed by atoms with Crippen LogP contribution in [-0.2, 0) is 13.8 Å². The largest absolute Gasteiger partial charge is 0.305 e. The summed E-state index contributed by atoms with van der Waals surface area (Å²) in [6, 6.07) is 2.90. The Morgan fingerprint density at radius 1 is 1.38 bits per heavy atom. The molecule has 1 unspecified atom stereocenters. The minimum Gasteiger partial charge on any atom is -0.305 e. The molecule has 0 N–H and O–H groups in total. The predicted molar refractivity (Wildman–Crippen MR) is 78.1 cm³/mol. The molecule has 1 amide bonds. The summed E-state index contributed by atoms with van der Waals surface area (Å²) in [7, 11) is 1.40. The molecule has 0 spiro atoms. The van der Waals surface area contributed by atoms with E-state index >= 15 is 0 Å². The van der Waals surface area contributed by atoms with E-state index in [2.05, 4.69) is 0 Å². The van der Waals surface area contributed by atoms with Crippen molar-refractivity contribution in [1.82, 2.24) is 0 Å². The Morgan fingerprint density at radius 3 is 2.48 bits per heavy atom. The van der Waals surface area contributed by atoms with Crippen molar-refractivity contribution in [3.8, 4) is 0 Å². The highest BCUT2D eigenvalue weighted by Gasteiger charge is 2.40. The first-order valence-electron chi connectivity index (χ1n) is 6.11. The van der Waals surface area contributed by atoms with Crippen molar-refractivity contribution in [2.45, 2.75) is 25.5 Å². The number of rotatable bonds is 3. The van der Waals surface area contributed by atoms with Gasteiger partial charge in [0.05, 0.1) is 4.92 Å². The highest BCUT2D eigenvalue weighted by molar-refractivity contribution is 8.14. The van der Waals surface area contributed by atoms with Gasteiger partial charge in [-0.25, -0.2) is 8.42 Å². The SMILES string of the molecule is Cc1ccc([N+](=O)[O-])c(N2CC(S(=O)(=O)Cl)CC2=O)c1C. The molecule has 2 rings (SSSR count). The average Bonchev–Trinajstić information content (AvgIpc) is 2.74. The van der Waals surface area contributed by atoms with Crippen LogP contribution in [0.2, 0.25) is 0 Å². The third kappa shape index (κ3) is 2.86. The highest BCUT2D eigenvalue weighted by atomic mass is 35.7. The van der Waals surface area contributed by atoms with Crippen molar-refractivity contribution in [2.75, 3.05) is 11.4 Å². The first kappa shape index (κ1) is 15.7. The van der Waals surface area contributed by atoms with Crippen LogP contribution < -0.4 is 4.90 Å². The normalized spacial score (nSPS) is 19.1. The molecule has 0 aromatic heterocycles. The second-order valence-corrected chi connectivity index (χ2v) is 7.85. The zero-order valence-electron chi connectivity index (χ0n) is 11.4. The van der Waals surface area contributed by atoms with Crippen molar-refractivity contribution in [3.05, 3.63) is 33.4 Å². The lowest BCUT2D eigenvalue weighted by molar-refractivity contribution is -0.384. The van der Waals surface area contributed by atoms with Crippen molar-refractivity contribution in [2.24, 2.45) is 0 Å². The van der Waals surface area contributed by atoms with Gasteiger partial charge in [0.1, 0.15) is 10.9 Å². The fourth-order valence-electron chi connectivity index (χ4n) is 2.35. The Labute approximate surface area is 126 Å². The Bertz CT molecular complexity index is 731. The van der Waals surface area contributed by atoms with Gasteiger partial charge in [-0.3, -0.25) is 14.9 Å². The number of carbonyl (C=O) groups excluding carboxylic acids is 1. The number of nitrogens with zero attached hydrogens (tertiary/aromatic N) is 2. The maximum atomic E-state index is 12.1. The number of benzene rings is 1. The summed E-state index contributed by atoms with van der Waals surface area (Å²) < 4.78 is 22.8. The molecule has 0 radical (unpaired) electrons. The minimum absolute atomic E-state index is 0.146. The topological polar surface area (TPSA) is 97.6 Å². The number of nitro benzene ring substituents is 1. The van der Waals surface area contributed by atoms with Gasteiger partial charge in [-0.15, -0.1) is 0 Å². The van der Waals surface area contributed by atoms with E-state index in [0.717, 1.165) is 10.5 Å². The summed E-state index contributed by atoms with van der Waals surface area (Å²) in [6.07, 6.45) is -0.267. The smallest absolute Gasteiger partial charge is 0.293 e. The summed E-state index contributed by atoms with van der Waals surface area (Å²) in [5.74, 6) is -0.485. The van der Waals surface area contributed by atoms with Crippen LogP contribution in [-0.4, -0.2) is 31.0 Å². The summed E-state index contributed by atoms with van der Waals surface area (Å²) in [4.78, 5) is 23.8. The molecule has 1 aromatic rings.